The molecule has 3 nitrogen and oxygen atoms in total. The van der Waals surface area contributed by atoms with Crippen LogP contribution in [0.25, 0.3) is 0 Å². The Labute approximate surface area is 74.1 Å². The number of halogens is 3. The molecule has 1 fully saturated rings. The van der Waals surface area contributed by atoms with Crippen LogP contribution in [-0.4, -0.2) is 55.1 Å². The van der Waals surface area contributed by atoms with Crippen molar-refractivity contribution in [2.24, 2.45) is 0 Å². The van der Waals surface area contributed by atoms with Crippen LogP contribution in [-0.2, 0) is 4.79 Å². The molecule has 0 aromatic rings. The molecule has 0 atom stereocenters. The van der Waals surface area contributed by atoms with Gasteiger partial charge < -0.3 is 4.90 Å². The van der Waals surface area contributed by atoms with E-state index in [2.05, 4.69) is 0 Å². The lowest BCUT2D eigenvalue weighted by atomic mass is 10.3. The Hall–Kier alpha value is -0.780. The van der Waals surface area contributed by atoms with Gasteiger partial charge in [0.05, 0.1) is 6.54 Å². The Bertz CT molecular complexity index is 204. The van der Waals surface area contributed by atoms with Crippen molar-refractivity contribution in [2.45, 2.75) is 6.18 Å². The van der Waals surface area contributed by atoms with Crippen LogP contribution in [0.4, 0.5) is 13.2 Å². The molecule has 1 aliphatic heterocycles. The maximum atomic E-state index is 11.9. The number of hydrogen-bond acceptors (Lipinski definition) is 2. The first kappa shape index (κ1) is 10.3. The molecule has 1 saturated heterocycles. The second-order valence-electron chi connectivity index (χ2n) is 3.17. The van der Waals surface area contributed by atoms with Crippen LogP contribution in [0, 0.1) is 0 Å². The first-order chi connectivity index (χ1) is 5.88. The van der Waals surface area contributed by atoms with Crippen LogP contribution in [0.1, 0.15) is 0 Å². The minimum atomic E-state index is -4.29. The highest BCUT2D eigenvalue weighted by Crippen LogP contribution is 2.17. The number of nitrogens with zero attached hydrogens (tertiary/aromatic N) is 2. The van der Waals surface area contributed by atoms with Gasteiger partial charge in [-0.05, 0) is 7.05 Å². The van der Waals surface area contributed by atoms with E-state index in [0.717, 1.165) is 4.90 Å². The SMILES string of the molecule is CN1CCN(CC(F)(F)F)C(=O)C1. The van der Waals surface area contributed by atoms with E-state index in [4.69, 9.17) is 0 Å². The standard InChI is InChI=1S/C7H11F3N2O/c1-11-2-3-12(6(13)4-11)5-7(8,9)10/h2-5H2,1H3. The summed E-state index contributed by atoms with van der Waals surface area (Å²) in [6.07, 6.45) is -4.29. The third-order valence-electron chi connectivity index (χ3n) is 1.88. The van der Waals surface area contributed by atoms with Gasteiger partial charge in [0.25, 0.3) is 0 Å². The van der Waals surface area contributed by atoms with Gasteiger partial charge >= 0.3 is 6.18 Å². The summed E-state index contributed by atoms with van der Waals surface area (Å²) in [5.74, 6) is -0.453. The first-order valence-electron chi connectivity index (χ1n) is 3.91. The third kappa shape index (κ3) is 3.22. The number of likely N-dealkylation sites (N-methyl/N-ethyl adjacent to an activating group) is 1. The zero-order chi connectivity index (χ0) is 10.1. The van der Waals surface area contributed by atoms with Gasteiger partial charge in [0, 0.05) is 13.1 Å². The maximum absolute atomic E-state index is 11.9. The molecule has 1 amide bonds. The molecule has 0 bridgehead atoms. The summed E-state index contributed by atoms with van der Waals surface area (Å²) in [6, 6.07) is 0. The Kier molecular flexibility index (Phi) is 2.80. The quantitative estimate of drug-likeness (QED) is 0.603. The zero-order valence-corrected chi connectivity index (χ0v) is 7.26. The predicted molar refractivity (Wildman–Crippen MR) is 40.1 cm³/mol. The van der Waals surface area contributed by atoms with E-state index >= 15 is 0 Å². The van der Waals surface area contributed by atoms with Gasteiger partial charge in [0.15, 0.2) is 0 Å². The molecular formula is C7H11F3N2O. The van der Waals surface area contributed by atoms with Gasteiger partial charge in [-0.3, -0.25) is 9.69 Å². The summed E-state index contributed by atoms with van der Waals surface area (Å²) in [5.41, 5.74) is 0. The van der Waals surface area contributed by atoms with Gasteiger partial charge in [-0.2, -0.15) is 13.2 Å². The molecule has 0 aliphatic carbocycles. The van der Waals surface area contributed by atoms with E-state index in [1.165, 1.54) is 0 Å². The lowest BCUT2D eigenvalue weighted by molar-refractivity contribution is -0.165. The van der Waals surface area contributed by atoms with E-state index in [1.54, 1.807) is 11.9 Å². The topological polar surface area (TPSA) is 23.6 Å². The molecule has 0 saturated carbocycles. The predicted octanol–water partition coefficient (Wildman–Crippen LogP) is 0.323. The monoisotopic (exact) mass is 196 g/mol. The van der Waals surface area contributed by atoms with Gasteiger partial charge in [0.2, 0.25) is 5.91 Å². The van der Waals surface area contributed by atoms with E-state index < -0.39 is 18.6 Å². The Balaban J connectivity index is 2.48. The number of rotatable bonds is 1. The van der Waals surface area contributed by atoms with Crippen molar-refractivity contribution in [3.8, 4) is 0 Å². The van der Waals surface area contributed by atoms with Gasteiger partial charge in [-0.15, -0.1) is 0 Å². The maximum Gasteiger partial charge on any atom is 0.406 e. The molecule has 0 unspecified atom stereocenters. The highest BCUT2D eigenvalue weighted by atomic mass is 19.4. The van der Waals surface area contributed by atoms with Crippen molar-refractivity contribution in [1.29, 1.82) is 0 Å². The fourth-order valence-corrected chi connectivity index (χ4v) is 1.21. The number of alkyl halides is 3. The van der Waals surface area contributed by atoms with Gasteiger partial charge in [-0.25, -0.2) is 0 Å². The molecule has 6 heteroatoms. The minimum absolute atomic E-state index is 0.0794. The Morgan fingerprint density at radius 2 is 2.00 bits per heavy atom. The average Bonchev–Trinajstić information content (AvgIpc) is 1.93. The molecule has 13 heavy (non-hydrogen) atoms. The molecule has 0 radical (unpaired) electrons. The van der Waals surface area contributed by atoms with Crippen LogP contribution in [0.5, 0.6) is 0 Å². The summed E-state index contributed by atoms with van der Waals surface area (Å²) in [4.78, 5) is 13.6. The van der Waals surface area contributed by atoms with E-state index in [-0.39, 0.29) is 13.1 Å². The fraction of sp³-hybridized carbons (Fsp3) is 0.857. The van der Waals surface area contributed by atoms with Gasteiger partial charge in [0.1, 0.15) is 6.54 Å². The molecule has 0 N–H and O–H groups in total. The largest absolute Gasteiger partial charge is 0.406 e. The van der Waals surface area contributed by atoms with Gasteiger partial charge in [-0.1, -0.05) is 0 Å². The summed E-state index contributed by atoms with van der Waals surface area (Å²) < 4.78 is 35.7. The van der Waals surface area contributed by atoms with E-state index in [0.29, 0.717) is 6.54 Å². The van der Waals surface area contributed by atoms with Crippen LogP contribution >= 0.6 is 0 Å². The zero-order valence-electron chi connectivity index (χ0n) is 7.26. The van der Waals surface area contributed by atoms with Crippen LogP contribution in [0.3, 0.4) is 0 Å². The first-order valence-corrected chi connectivity index (χ1v) is 3.91. The van der Waals surface area contributed by atoms with Crippen molar-refractivity contribution in [2.75, 3.05) is 33.2 Å². The lowest BCUT2D eigenvalue weighted by Gasteiger charge is -2.32. The number of carbonyl (C=O) groups excluding carboxylic acids is 1. The third-order valence-corrected chi connectivity index (χ3v) is 1.88. The molecular weight excluding hydrogens is 185 g/mol. The van der Waals surface area contributed by atoms with Crippen molar-refractivity contribution in [3.05, 3.63) is 0 Å². The molecule has 0 aromatic carbocycles. The van der Waals surface area contributed by atoms with Crippen molar-refractivity contribution >= 4 is 5.91 Å². The van der Waals surface area contributed by atoms with Crippen LogP contribution in [0.2, 0.25) is 0 Å². The molecule has 76 valence electrons. The van der Waals surface area contributed by atoms with Crippen molar-refractivity contribution in [1.82, 2.24) is 9.80 Å². The smallest absolute Gasteiger partial charge is 0.331 e. The number of hydrogen-bond donors (Lipinski definition) is 0. The van der Waals surface area contributed by atoms with Crippen molar-refractivity contribution in [3.63, 3.8) is 0 Å². The van der Waals surface area contributed by atoms with E-state index in [9.17, 15) is 18.0 Å². The summed E-state index contributed by atoms with van der Waals surface area (Å²) in [5, 5.41) is 0. The number of piperazine rings is 1. The summed E-state index contributed by atoms with van der Waals surface area (Å²) >= 11 is 0. The second kappa shape index (κ2) is 3.53. The molecule has 1 aliphatic rings. The fourth-order valence-electron chi connectivity index (χ4n) is 1.21. The highest BCUT2D eigenvalue weighted by Gasteiger charge is 2.34. The van der Waals surface area contributed by atoms with Crippen LogP contribution < -0.4 is 0 Å². The van der Waals surface area contributed by atoms with Crippen molar-refractivity contribution < 1.29 is 18.0 Å². The summed E-state index contributed by atoms with van der Waals surface area (Å²) in [7, 11) is 1.71. The van der Waals surface area contributed by atoms with E-state index in [1.807, 2.05) is 0 Å². The summed E-state index contributed by atoms with van der Waals surface area (Å²) in [6.45, 7) is -0.383. The minimum Gasteiger partial charge on any atom is -0.331 e. The molecule has 0 spiro atoms. The normalized spacial score (nSPS) is 20.9. The molecule has 1 heterocycles. The number of amides is 1. The lowest BCUT2D eigenvalue weighted by Crippen LogP contribution is -2.51. The molecule has 0 aromatic heterocycles. The Morgan fingerprint density at radius 3 is 2.46 bits per heavy atom. The Morgan fingerprint density at radius 1 is 1.38 bits per heavy atom. The average molecular weight is 196 g/mol. The van der Waals surface area contributed by atoms with Crippen LogP contribution in [0.15, 0.2) is 0 Å². The second-order valence-corrected chi connectivity index (χ2v) is 3.17. The molecule has 1 rings (SSSR count). The highest BCUT2D eigenvalue weighted by molar-refractivity contribution is 5.79. The number of carbonyl (C=O) groups is 1.